The molecule has 1 saturated carbocycles. The molecule has 4 nitrogen and oxygen atoms in total. The lowest BCUT2D eigenvalue weighted by Gasteiger charge is -2.22. The van der Waals surface area contributed by atoms with Gasteiger partial charge in [-0.1, -0.05) is 30.3 Å². The first-order chi connectivity index (χ1) is 9.24. The first kappa shape index (κ1) is 12.2. The minimum absolute atomic E-state index is 0.0794. The zero-order chi connectivity index (χ0) is 13.2. The average Bonchev–Trinajstić information content (AvgIpc) is 2.96. The molecule has 1 aliphatic carbocycles. The summed E-state index contributed by atoms with van der Waals surface area (Å²) in [6.07, 6.45) is 1.78. The first-order valence-corrected chi connectivity index (χ1v) is 6.73. The number of ketones is 1. The van der Waals surface area contributed by atoms with Gasteiger partial charge in [-0.25, -0.2) is 4.79 Å². The molecule has 2 fully saturated rings. The van der Waals surface area contributed by atoms with E-state index >= 15 is 0 Å². The molecule has 4 heteroatoms. The Labute approximate surface area is 112 Å². The zero-order valence-electron chi connectivity index (χ0n) is 10.7. The summed E-state index contributed by atoms with van der Waals surface area (Å²) in [4.78, 5) is 25.2. The third-order valence-corrected chi connectivity index (χ3v) is 4.05. The van der Waals surface area contributed by atoms with Gasteiger partial charge in [0.25, 0.3) is 0 Å². The molecular formula is C15H17NO3. The highest BCUT2D eigenvalue weighted by molar-refractivity contribution is 5.83. The summed E-state index contributed by atoms with van der Waals surface area (Å²) in [6.45, 7) is 1.01. The van der Waals surface area contributed by atoms with E-state index in [2.05, 4.69) is 0 Å². The lowest BCUT2D eigenvalue weighted by atomic mass is 10.1. The molecule has 0 bridgehead atoms. The van der Waals surface area contributed by atoms with E-state index in [1.54, 1.807) is 4.90 Å². The molecule has 0 N–H and O–H groups in total. The molecule has 0 aromatic heterocycles. The number of benzene rings is 1. The van der Waals surface area contributed by atoms with E-state index in [0.29, 0.717) is 25.4 Å². The lowest BCUT2D eigenvalue weighted by molar-refractivity contribution is -0.117. The van der Waals surface area contributed by atoms with Crippen molar-refractivity contribution in [3.63, 3.8) is 0 Å². The van der Waals surface area contributed by atoms with E-state index in [9.17, 15) is 9.59 Å². The van der Waals surface area contributed by atoms with Crippen molar-refractivity contribution in [2.75, 3.05) is 6.54 Å². The SMILES string of the molecule is O=C1CC2CCN(C(=O)OCc3ccccc3)C2C1. The summed E-state index contributed by atoms with van der Waals surface area (Å²) in [7, 11) is 0. The summed E-state index contributed by atoms with van der Waals surface area (Å²) >= 11 is 0. The van der Waals surface area contributed by atoms with Gasteiger partial charge in [-0.15, -0.1) is 0 Å². The zero-order valence-corrected chi connectivity index (χ0v) is 10.7. The van der Waals surface area contributed by atoms with Gasteiger partial charge in [0.2, 0.25) is 0 Å². The van der Waals surface area contributed by atoms with Crippen LogP contribution in [0.2, 0.25) is 0 Å². The van der Waals surface area contributed by atoms with Gasteiger partial charge in [-0.3, -0.25) is 4.79 Å². The van der Waals surface area contributed by atoms with Crippen LogP contribution < -0.4 is 0 Å². The van der Waals surface area contributed by atoms with Crippen LogP contribution in [-0.2, 0) is 16.1 Å². The molecule has 2 atom stereocenters. The van der Waals surface area contributed by atoms with Crippen LogP contribution in [0.25, 0.3) is 0 Å². The van der Waals surface area contributed by atoms with Gasteiger partial charge in [0, 0.05) is 25.4 Å². The van der Waals surface area contributed by atoms with E-state index in [-0.39, 0.29) is 17.9 Å². The largest absolute Gasteiger partial charge is 0.445 e. The van der Waals surface area contributed by atoms with Gasteiger partial charge >= 0.3 is 6.09 Å². The molecule has 0 radical (unpaired) electrons. The smallest absolute Gasteiger partial charge is 0.410 e. The molecule has 2 aliphatic rings. The van der Waals surface area contributed by atoms with Crippen LogP contribution in [0, 0.1) is 5.92 Å². The maximum Gasteiger partial charge on any atom is 0.410 e. The van der Waals surface area contributed by atoms with Crippen molar-refractivity contribution in [3.8, 4) is 0 Å². The van der Waals surface area contributed by atoms with Crippen molar-refractivity contribution in [2.24, 2.45) is 5.92 Å². The van der Waals surface area contributed by atoms with Crippen LogP contribution in [-0.4, -0.2) is 29.4 Å². The molecule has 0 spiro atoms. The quantitative estimate of drug-likeness (QED) is 0.819. The number of hydrogen-bond acceptors (Lipinski definition) is 3. The van der Waals surface area contributed by atoms with Gasteiger partial charge < -0.3 is 9.64 Å². The standard InChI is InChI=1S/C15H17NO3/c17-13-8-12-6-7-16(14(12)9-13)15(18)19-10-11-4-2-1-3-5-11/h1-5,12,14H,6-10H2. The number of nitrogens with zero attached hydrogens (tertiary/aromatic N) is 1. The van der Waals surface area contributed by atoms with Crippen molar-refractivity contribution in [2.45, 2.75) is 31.9 Å². The highest BCUT2D eigenvalue weighted by Gasteiger charge is 2.44. The summed E-state index contributed by atoms with van der Waals surface area (Å²) in [5.41, 5.74) is 0.981. The number of fused-ring (bicyclic) bond motifs is 1. The molecule has 1 amide bonds. The minimum Gasteiger partial charge on any atom is -0.445 e. The maximum atomic E-state index is 12.1. The Hall–Kier alpha value is -1.84. The Morgan fingerprint density at radius 3 is 2.84 bits per heavy atom. The highest BCUT2D eigenvalue weighted by atomic mass is 16.6. The minimum atomic E-state index is -0.286. The van der Waals surface area contributed by atoms with Gasteiger partial charge in [0.15, 0.2) is 0 Å². The second kappa shape index (κ2) is 5.03. The fourth-order valence-electron chi connectivity index (χ4n) is 3.07. The van der Waals surface area contributed by atoms with E-state index in [0.717, 1.165) is 18.5 Å². The van der Waals surface area contributed by atoms with Crippen molar-refractivity contribution in [1.82, 2.24) is 4.90 Å². The monoisotopic (exact) mass is 259 g/mol. The van der Waals surface area contributed by atoms with Crippen LogP contribution >= 0.6 is 0 Å². The number of hydrogen-bond donors (Lipinski definition) is 0. The van der Waals surface area contributed by atoms with Crippen molar-refractivity contribution < 1.29 is 14.3 Å². The van der Waals surface area contributed by atoms with Crippen LogP contribution in [0.5, 0.6) is 0 Å². The lowest BCUT2D eigenvalue weighted by Crippen LogP contribution is -2.36. The molecule has 100 valence electrons. The molecule has 1 heterocycles. The number of carbonyl (C=O) groups excluding carboxylic acids is 2. The fourth-order valence-corrected chi connectivity index (χ4v) is 3.07. The molecule has 1 aromatic rings. The Bertz CT molecular complexity index is 485. The Kier molecular flexibility index (Phi) is 3.23. The van der Waals surface area contributed by atoms with E-state index in [4.69, 9.17) is 4.74 Å². The first-order valence-electron chi connectivity index (χ1n) is 6.73. The number of Topliss-reactive ketones (excluding diaryl/α,β-unsaturated/α-hetero) is 1. The van der Waals surface area contributed by atoms with Crippen LogP contribution in [0.4, 0.5) is 4.79 Å². The van der Waals surface area contributed by atoms with Crippen LogP contribution in [0.3, 0.4) is 0 Å². The van der Waals surface area contributed by atoms with Gasteiger partial charge in [-0.05, 0) is 17.9 Å². The Morgan fingerprint density at radius 2 is 2.05 bits per heavy atom. The predicted molar refractivity (Wildman–Crippen MR) is 69.5 cm³/mol. The third-order valence-electron chi connectivity index (χ3n) is 4.05. The highest BCUT2D eigenvalue weighted by Crippen LogP contribution is 2.36. The number of carbonyl (C=O) groups is 2. The molecular weight excluding hydrogens is 242 g/mol. The summed E-state index contributed by atoms with van der Waals surface area (Å²) in [6, 6.07) is 9.71. The number of likely N-dealkylation sites (tertiary alicyclic amines) is 1. The maximum absolute atomic E-state index is 12.1. The molecule has 19 heavy (non-hydrogen) atoms. The second-order valence-corrected chi connectivity index (χ2v) is 5.30. The van der Waals surface area contributed by atoms with E-state index < -0.39 is 0 Å². The Morgan fingerprint density at radius 1 is 1.26 bits per heavy atom. The fraction of sp³-hybridized carbons (Fsp3) is 0.467. The number of ether oxygens (including phenoxy) is 1. The van der Waals surface area contributed by atoms with Gasteiger partial charge in [0.1, 0.15) is 12.4 Å². The molecule has 1 aromatic carbocycles. The van der Waals surface area contributed by atoms with Crippen molar-refractivity contribution in [1.29, 1.82) is 0 Å². The number of amides is 1. The van der Waals surface area contributed by atoms with Gasteiger partial charge in [0.05, 0.1) is 0 Å². The Balaban J connectivity index is 1.58. The van der Waals surface area contributed by atoms with E-state index in [1.165, 1.54) is 0 Å². The van der Waals surface area contributed by atoms with Crippen LogP contribution in [0.1, 0.15) is 24.8 Å². The summed E-state index contributed by atoms with van der Waals surface area (Å²) in [5, 5.41) is 0. The van der Waals surface area contributed by atoms with Crippen molar-refractivity contribution in [3.05, 3.63) is 35.9 Å². The summed E-state index contributed by atoms with van der Waals surface area (Å²) < 4.78 is 5.33. The predicted octanol–water partition coefficient (Wildman–Crippen LogP) is 2.38. The number of rotatable bonds is 2. The van der Waals surface area contributed by atoms with E-state index in [1.807, 2.05) is 30.3 Å². The van der Waals surface area contributed by atoms with Crippen molar-refractivity contribution >= 4 is 11.9 Å². The molecule has 1 saturated heterocycles. The summed E-state index contributed by atoms with van der Waals surface area (Å²) in [5.74, 6) is 0.632. The third kappa shape index (κ3) is 2.48. The normalized spacial score (nSPS) is 25.5. The average molecular weight is 259 g/mol. The molecule has 2 unspecified atom stereocenters. The molecule has 3 rings (SSSR count). The topological polar surface area (TPSA) is 46.6 Å². The molecule has 1 aliphatic heterocycles. The van der Waals surface area contributed by atoms with Gasteiger partial charge in [-0.2, -0.15) is 0 Å². The second-order valence-electron chi connectivity index (χ2n) is 5.30. The van der Waals surface area contributed by atoms with Crippen LogP contribution in [0.15, 0.2) is 30.3 Å².